The molecule has 258 valence electrons. The number of phenols is 1. The standard InChI is InChI=1S/C39H41N5O6/c45-34-16-14-31(32-15-17-36(47)43-37(32)34)35(46)25-40-24-26-10-12-28(13-11-26)38(48)41-20-23-44-21-18-29(19-22-44)50-39(49)42-33-9-5-4-8-30(33)27-6-2-1-3-7-27/h1-17,29,35,40,45-46H,18-25H2,(H,41,48)(H,42,49)(H,43,47)/t35-/m0/s1. The predicted octanol–water partition coefficient (Wildman–Crippen LogP) is 5.17. The first-order chi connectivity index (χ1) is 24.3. The number of nitrogens with zero attached hydrogens (tertiary/aromatic N) is 1. The van der Waals surface area contributed by atoms with Crippen molar-refractivity contribution in [3.05, 3.63) is 130 Å². The van der Waals surface area contributed by atoms with Crippen molar-refractivity contribution in [1.29, 1.82) is 0 Å². The minimum atomic E-state index is -0.861. The van der Waals surface area contributed by atoms with E-state index in [0.717, 1.165) is 42.6 Å². The number of aliphatic hydroxyl groups excluding tert-OH is 1. The number of benzene rings is 4. The second-order valence-electron chi connectivity index (χ2n) is 12.4. The molecule has 1 saturated heterocycles. The molecule has 11 nitrogen and oxygen atoms in total. The van der Waals surface area contributed by atoms with E-state index in [2.05, 4.69) is 25.8 Å². The highest BCUT2D eigenvalue weighted by Crippen LogP contribution is 2.29. The van der Waals surface area contributed by atoms with Crippen LogP contribution in [0.1, 0.15) is 40.4 Å². The van der Waals surface area contributed by atoms with Crippen molar-refractivity contribution in [2.75, 3.05) is 38.0 Å². The van der Waals surface area contributed by atoms with Crippen LogP contribution in [-0.4, -0.2) is 70.9 Å². The first-order valence-corrected chi connectivity index (χ1v) is 16.8. The lowest BCUT2D eigenvalue weighted by Crippen LogP contribution is -2.42. The van der Waals surface area contributed by atoms with Gasteiger partial charge < -0.3 is 35.5 Å². The maximum atomic E-state index is 12.8. The summed E-state index contributed by atoms with van der Waals surface area (Å²) >= 11 is 0. The van der Waals surface area contributed by atoms with Gasteiger partial charge in [-0.05, 0) is 59.9 Å². The number of aliphatic hydroxyl groups is 1. The molecule has 1 aliphatic rings. The molecule has 6 N–H and O–H groups in total. The number of aromatic amines is 1. The van der Waals surface area contributed by atoms with Crippen LogP contribution >= 0.6 is 0 Å². The number of fused-ring (bicyclic) bond motifs is 1. The summed E-state index contributed by atoms with van der Waals surface area (Å²) in [5, 5.41) is 30.6. The summed E-state index contributed by atoms with van der Waals surface area (Å²) in [6.45, 7) is 3.48. The summed E-state index contributed by atoms with van der Waals surface area (Å²) in [7, 11) is 0. The Labute approximate surface area is 289 Å². The first kappa shape index (κ1) is 34.4. The van der Waals surface area contributed by atoms with Gasteiger partial charge >= 0.3 is 6.09 Å². The predicted molar refractivity (Wildman–Crippen MR) is 193 cm³/mol. The van der Waals surface area contributed by atoms with E-state index in [1.807, 2.05) is 66.7 Å². The smallest absolute Gasteiger partial charge is 0.411 e. The zero-order valence-corrected chi connectivity index (χ0v) is 27.6. The number of anilines is 1. The topological polar surface area (TPSA) is 156 Å². The number of pyridine rings is 1. The van der Waals surface area contributed by atoms with E-state index in [1.165, 1.54) is 12.1 Å². The number of piperidine rings is 1. The van der Waals surface area contributed by atoms with E-state index >= 15 is 0 Å². The van der Waals surface area contributed by atoms with Gasteiger partial charge in [-0.25, -0.2) is 4.79 Å². The van der Waals surface area contributed by atoms with Gasteiger partial charge in [0.1, 0.15) is 11.9 Å². The average Bonchev–Trinajstić information content (AvgIpc) is 3.13. The molecule has 1 fully saturated rings. The zero-order chi connectivity index (χ0) is 34.9. The summed E-state index contributed by atoms with van der Waals surface area (Å²) in [6.07, 6.45) is -0.0390. The van der Waals surface area contributed by atoms with Gasteiger partial charge in [-0.1, -0.05) is 66.7 Å². The highest BCUT2D eigenvalue weighted by molar-refractivity contribution is 5.94. The number of nitrogens with one attached hydrogen (secondary N) is 4. The molecule has 0 bridgehead atoms. The number of H-pyrrole nitrogens is 1. The fourth-order valence-electron chi connectivity index (χ4n) is 6.22. The van der Waals surface area contributed by atoms with Gasteiger partial charge in [-0.3, -0.25) is 14.9 Å². The molecular formula is C39H41N5O6. The lowest BCUT2D eigenvalue weighted by molar-refractivity contribution is 0.0587. The van der Waals surface area contributed by atoms with Crippen LogP contribution in [0, 0.1) is 0 Å². The summed E-state index contributed by atoms with van der Waals surface area (Å²) in [5.74, 6) is -0.205. The van der Waals surface area contributed by atoms with E-state index in [9.17, 15) is 24.6 Å². The Hall–Kier alpha value is -5.49. The largest absolute Gasteiger partial charge is 0.506 e. The van der Waals surface area contributed by atoms with Crippen molar-refractivity contribution in [1.82, 2.24) is 20.5 Å². The molecule has 0 saturated carbocycles. The van der Waals surface area contributed by atoms with Gasteiger partial charge in [0.25, 0.3) is 5.91 Å². The fraction of sp³-hybridized carbons (Fsp3) is 0.256. The van der Waals surface area contributed by atoms with E-state index in [-0.39, 0.29) is 29.9 Å². The molecule has 1 atom stereocenters. The molecule has 1 aromatic heterocycles. The number of aromatic nitrogens is 1. The molecule has 1 aliphatic heterocycles. The molecule has 50 heavy (non-hydrogen) atoms. The third-order valence-corrected chi connectivity index (χ3v) is 8.92. The van der Waals surface area contributed by atoms with E-state index in [4.69, 9.17) is 4.74 Å². The number of aromatic hydroxyl groups is 1. The van der Waals surface area contributed by atoms with E-state index in [1.54, 1.807) is 24.3 Å². The third kappa shape index (κ3) is 8.75. The van der Waals surface area contributed by atoms with Crippen molar-refractivity contribution in [3.63, 3.8) is 0 Å². The Bertz CT molecular complexity index is 1970. The second kappa shape index (κ2) is 16.3. The Balaban J connectivity index is 0.886. The maximum absolute atomic E-state index is 12.8. The van der Waals surface area contributed by atoms with Crippen LogP contribution in [0.4, 0.5) is 10.5 Å². The number of hydrogen-bond donors (Lipinski definition) is 6. The van der Waals surface area contributed by atoms with Crippen molar-refractivity contribution >= 4 is 28.6 Å². The molecule has 6 rings (SSSR count). The number of rotatable bonds is 12. The summed E-state index contributed by atoms with van der Waals surface area (Å²) in [5.41, 5.74) is 4.73. The van der Waals surface area contributed by atoms with Gasteiger partial charge in [-0.2, -0.15) is 0 Å². The monoisotopic (exact) mass is 675 g/mol. The zero-order valence-electron chi connectivity index (χ0n) is 27.6. The van der Waals surface area contributed by atoms with Gasteiger partial charge in [0, 0.05) is 61.8 Å². The van der Waals surface area contributed by atoms with Gasteiger partial charge in [0.15, 0.2) is 0 Å². The maximum Gasteiger partial charge on any atom is 0.411 e. The number of carbonyl (C=O) groups is 2. The van der Waals surface area contributed by atoms with E-state index < -0.39 is 12.2 Å². The molecule has 11 heteroatoms. The average molecular weight is 676 g/mol. The number of para-hydroxylation sites is 1. The summed E-state index contributed by atoms with van der Waals surface area (Å²) in [4.78, 5) is 42.0. The van der Waals surface area contributed by atoms with E-state index in [0.29, 0.717) is 47.4 Å². The highest BCUT2D eigenvalue weighted by Gasteiger charge is 2.23. The van der Waals surface area contributed by atoms with Crippen LogP contribution in [0.3, 0.4) is 0 Å². The molecule has 2 amide bonds. The number of hydrogen-bond acceptors (Lipinski definition) is 8. The van der Waals surface area contributed by atoms with Crippen molar-refractivity contribution in [2.24, 2.45) is 0 Å². The molecule has 0 radical (unpaired) electrons. The molecule has 0 aliphatic carbocycles. The lowest BCUT2D eigenvalue weighted by atomic mass is 10.0. The van der Waals surface area contributed by atoms with Crippen LogP contribution in [0.25, 0.3) is 22.0 Å². The molecule has 0 spiro atoms. The Kier molecular flexibility index (Phi) is 11.2. The molecule has 4 aromatic carbocycles. The minimum Gasteiger partial charge on any atom is -0.506 e. The highest BCUT2D eigenvalue weighted by atomic mass is 16.6. The Morgan fingerprint density at radius 2 is 1.64 bits per heavy atom. The number of amides is 2. The molecular weight excluding hydrogens is 634 g/mol. The van der Waals surface area contributed by atoms with Crippen LogP contribution in [0.15, 0.2) is 108 Å². The Morgan fingerprint density at radius 1 is 0.900 bits per heavy atom. The normalized spacial score (nSPS) is 14.3. The van der Waals surface area contributed by atoms with Crippen LogP contribution in [0.2, 0.25) is 0 Å². The fourth-order valence-corrected chi connectivity index (χ4v) is 6.22. The third-order valence-electron chi connectivity index (χ3n) is 8.92. The summed E-state index contributed by atoms with van der Waals surface area (Å²) < 4.78 is 5.74. The quantitative estimate of drug-likeness (QED) is 0.106. The van der Waals surface area contributed by atoms with Crippen LogP contribution in [0.5, 0.6) is 5.75 Å². The number of ether oxygens (including phenoxy) is 1. The molecule has 5 aromatic rings. The molecule has 0 unspecified atom stereocenters. The lowest BCUT2D eigenvalue weighted by Gasteiger charge is -2.31. The second-order valence-corrected chi connectivity index (χ2v) is 12.4. The van der Waals surface area contributed by atoms with Gasteiger partial charge in [0.2, 0.25) is 5.56 Å². The first-order valence-electron chi connectivity index (χ1n) is 16.8. The van der Waals surface area contributed by atoms with Gasteiger partial charge in [-0.15, -0.1) is 0 Å². The molecule has 2 heterocycles. The van der Waals surface area contributed by atoms with Crippen molar-refractivity contribution in [2.45, 2.75) is 31.6 Å². The number of phenolic OH excluding ortho intramolecular Hbond substituents is 1. The van der Waals surface area contributed by atoms with Crippen molar-refractivity contribution < 1.29 is 24.5 Å². The van der Waals surface area contributed by atoms with Crippen LogP contribution in [-0.2, 0) is 11.3 Å². The Morgan fingerprint density at radius 3 is 2.42 bits per heavy atom. The van der Waals surface area contributed by atoms with Crippen molar-refractivity contribution in [3.8, 4) is 16.9 Å². The number of likely N-dealkylation sites (tertiary alicyclic amines) is 1. The number of carbonyl (C=O) groups excluding carboxylic acids is 2. The summed E-state index contributed by atoms with van der Waals surface area (Å²) in [6, 6.07) is 30.9. The minimum absolute atomic E-state index is 0.0545. The van der Waals surface area contributed by atoms with Gasteiger partial charge in [0.05, 0.1) is 17.3 Å². The van der Waals surface area contributed by atoms with Crippen LogP contribution < -0.4 is 21.5 Å². The SMILES string of the molecule is O=C(Nc1ccccc1-c1ccccc1)OC1CCN(CCNC(=O)c2ccc(CNC[C@H](O)c3ccc(O)c4[nH]c(=O)ccc34)cc2)CC1.